The van der Waals surface area contributed by atoms with E-state index < -0.39 is 0 Å². The number of nitrogens with one attached hydrogen (secondary N) is 1. The van der Waals surface area contributed by atoms with Gasteiger partial charge in [0.2, 0.25) is 11.8 Å². The molecule has 6 nitrogen and oxygen atoms in total. The lowest BCUT2D eigenvalue weighted by atomic mass is 10.1. The van der Waals surface area contributed by atoms with Crippen LogP contribution >= 0.6 is 15.9 Å². The Morgan fingerprint density at radius 3 is 2.29 bits per heavy atom. The molecule has 1 aliphatic rings. The number of nitrogens with zero attached hydrogens (tertiary/aromatic N) is 2. The highest BCUT2D eigenvalue weighted by Gasteiger charge is 2.23. The van der Waals surface area contributed by atoms with Gasteiger partial charge in [-0.2, -0.15) is 0 Å². The molecule has 2 aromatic carbocycles. The molecule has 1 saturated heterocycles. The number of piperazine rings is 1. The highest BCUT2D eigenvalue weighted by atomic mass is 79.9. The first-order valence-corrected chi connectivity index (χ1v) is 11.4. The fraction of sp³-hybridized carbons (Fsp3) is 0.375. The minimum Gasteiger partial charge on any atom is -0.340 e. The van der Waals surface area contributed by atoms with E-state index in [9.17, 15) is 14.4 Å². The first-order valence-electron chi connectivity index (χ1n) is 10.6. The smallest absolute Gasteiger partial charge is 0.238 e. The van der Waals surface area contributed by atoms with E-state index >= 15 is 0 Å². The fourth-order valence-corrected chi connectivity index (χ4v) is 3.92. The quantitative estimate of drug-likeness (QED) is 0.577. The molecule has 2 amide bonds. The Balaban J connectivity index is 1.40. The van der Waals surface area contributed by atoms with E-state index in [1.54, 1.807) is 17.0 Å². The molecule has 1 fully saturated rings. The summed E-state index contributed by atoms with van der Waals surface area (Å²) in [7, 11) is 0. The molecule has 0 aliphatic carbocycles. The molecule has 0 bridgehead atoms. The van der Waals surface area contributed by atoms with Crippen LogP contribution < -0.4 is 5.32 Å². The zero-order valence-corrected chi connectivity index (χ0v) is 19.4. The van der Waals surface area contributed by atoms with Crippen molar-refractivity contribution >= 4 is 39.2 Å². The molecule has 0 atom stereocenters. The molecular formula is C24H28BrN3O3. The van der Waals surface area contributed by atoms with Gasteiger partial charge >= 0.3 is 0 Å². The maximum atomic E-state index is 12.5. The SMILES string of the molecule is CCc1ccccc1NC(=O)CN1CCN(C(=O)CCC(=O)c2ccc(Br)cc2)CC1. The molecule has 0 unspecified atom stereocenters. The van der Waals surface area contributed by atoms with Gasteiger partial charge in [-0.05, 0) is 30.2 Å². The summed E-state index contributed by atoms with van der Waals surface area (Å²) >= 11 is 3.35. The largest absolute Gasteiger partial charge is 0.340 e. The van der Waals surface area contributed by atoms with Gasteiger partial charge < -0.3 is 10.2 Å². The van der Waals surface area contributed by atoms with E-state index in [0.717, 1.165) is 22.1 Å². The Morgan fingerprint density at radius 2 is 1.61 bits per heavy atom. The van der Waals surface area contributed by atoms with Crippen LogP contribution in [0.15, 0.2) is 53.0 Å². The molecule has 0 spiro atoms. The summed E-state index contributed by atoms with van der Waals surface area (Å²) < 4.78 is 0.918. The van der Waals surface area contributed by atoms with Crippen LogP contribution in [0.2, 0.25) is 0 Å². The Morgan fingerprint density at radius 1 is 0.935 bits per heavy atom. The van der Waals surface area contributed by atoms with Crippen molar-refractivity contribution in [1.29, 1.82) is 0 Å². The van der Waals surface area contributed by atoms with Gasteiger partial charge in [-0.3, -0.25) is 19.3 Å². The van der Waals surface area contributed by atoms with E-state index in [2.05, 4.69) is 33.1 Å². The number of carbonyl (C=O) groups is 3. The zero-order valence-electron chi connectivity index (χ0n) is 17.8. The highest BCUT2D eigenvalue weighted by molar-refractivity contribution is 9.10. The lowest BCUT2D eigenvalue weighted by Crippen LogP contribution is -2.50. The molecule has 3 rings (SSSR count). The number of hydrogen-bond donors (Lipinski definition) is 1. The van der Waals surface area contributed by atoms with Gasteiger partial charge in [-0.25, -0.2) is 0 Å². The zero-order chi connectivity index (χ0) is 22.2. The highest BCUT2D eigenvalue weighted by Crippen LogP contribution is 2.16. The van der Waals surface area contributed by atoms with Crippen LogP contribution in [0.4, 0.5) is 5.69 Å². The van der Waals surface area contributed by atoms with Crippen LogP contribution in [0, 0.1) is 0 Å². The third-order valence-electron chi connectivity index (χ3n) is 5.50. The van der Waals surface area contributed by atoms with Crippen molar-refractivity contribution in [3.05, 3.63) is 64.1 Å². The number of amides is 2. The van der Waals surface area contributed by atoms with Gasteiger partial charge in [-0.1, -0.05) is 53.2 Å². The van der Waals surface area contributed by atoms with E-state index in [4.69, 9.17) is 0 Å². The Kier molecular flexibility index (Phi) is 8.37. The normalized spacial score (nSPS) is 14.3. The van der Waals surface area contributed by atoms with Gasteiger partial charge in [0.1, 0.15) is 0 Å². The van der Waals surface area contributed by atoms with Crippen molar-refractivity contribution in [3.63, 3.8) is 0 Å². The molecule has 0 saturated carbocycles. The average Bonchev–Trinajstić information content (AvgIpc) is 2.78. The summed E-state index contributed by atoms with van der Waals surface area (Å²) in [4.78, 5) is 41.0. The predicted molar refractivity (Wildman–Crippen MR) is 125 cm³/mol. The summed E-state index contributed by atoms with van der Waals surface area (Å²) in [6.45, 7) is 4.81. The van der Waals surface area contributed by atoms with Gasteiger partial charge in [-0.15, -0.1) is 0 Å². The van der Waals surface area contributed by atoms with Crippen molar-refractivity contribution in [2.24, 2.45) is 0 Å². The Labute approximate surface area is 191 Å². The van der Waals surface area contributed by atoms with Gasteiger partial charge in [0.05, 0.1) is 6.54 Å². The second kappa shape index (κ2) is 11.2. The summed E-state index contributed by atoms with van der Waals surface area (Å²) in [5.41, 5.74) is 2.60. The Bertz CT molecular complexity index is 922. The molecular weight excluding hydrogens is 458 g/mol. The van der Waals surface area contributed by atoms with E-state index in [1.165, 1.54) is 0 Å². The van der Waals surface area contributed by atoms with Crippen LogP contribution in [-0.2, 0) is 16.0 Å². The van der Waals surface area contributed by atoms with Gasteiger partial charge in [0.15, 0.2) is 5.78 Å². The average molecular weight is 486 g/mol. The topological polar surface area (TPSA) is 69.7 Å². The predicted octanol–water partition coefficient (Wildman–Crippen LogP) is 3.76. The molecule has 0 radical (unpaired) electrons. The maximum absolute atomic E-state index is 12.5. The number of benzene rings is 2. The van der Waals surface area contributed by atoms with Gasteiger partial charge in [0.25, 0.3) is 0 Å². The summed E-state index contributed by atoms with van der Waals surface area (Å²) in [5, 5.41) is 2.99. The second-order valence-electron chi connectivity index (χ2n) is 7.65. The molecule has 1 heterocycles. The fourth-order valence-electron chi connectivity index (χ4n) is 3.66. The number of para-hydroxylation sites is 1. The number of rotatable bonds is 8. The minimum atomic E-state index is -0.0410. The van der Waals surface area contributed by atoms with Crippen molar-refractivity contribution in [2.75, 3.05) is 38.0 Å². The molecule has 31 heavy (non-hydrogen) atoms. The molecule has 1 N–H and O–H groups in total. The number of Topliss-reactive ketones (excluding diaryl/α,β-unsaturated/α-hetero) is 1. The van der Waals surface area contributed by atoms with E-state index in [0.29, 0.717) is 38.3 Å². The van der Waals surface area contributed by atoms with E-state index in [1.807, 2.05) is 36.4 Å². The Hall–Kier alpha value is -2.51. The molecule has 0 aromatic heterocycles. The van der Waals surface area contributed by atoms with Crippen molar-refractivity contribution < 1.29 is 14.4 Å². The lowest BCUT2D eigenvalue weighted by Gasteiger charge is -2.34. The second-order valence-corrected chi connectivity index (χ2v) is 8.56. The standard InChI is InChI=1S/C24H28BrN3O3/c1-2-18-5-3-4-6-21(18)26-23(30)17-27-13-15-28(16-14-27)24(31)12-11-22(29)19-7-9-20(25)10-8-19/h3-10H,2,11-17H2,1H3,(H,26,30). The third kappa shape index (κ3) is 6.74. The summed E-state index contributed by atoms with van der Waals surface area (Å²) in [6.07, 6.45) is 1.28. The summed E-state index contributed by atoms with van der Waals surface area (Å²) in [6, 6.07) is 15.0. The van der Waals surface area contributed by atoms with Crippen LogP contribution in [0.3, 0.4) is 0 Å². The molecule has 164 valence electrons. The number of aryl methyl sites for hydroxylation is 1. The third-order valence-corrected chi connectivity index (χ3v) is 6.03. The van der Waals surface area contributed by atoms with Crippen molar-refractivity contribution in [2.45, 2.75) is 26.2 Å². The minimum absolute atomic E-state index is 0.00793. The first-order chi connectivity index (χ1) is 15.0. The maximum Gasteiger partial charge on any atom is 0.238 e. The van der Waals surface area contributed by atoms with Gasteiger partial charge in [0, 0.05) is 54.7 Å². The molecule has 2 aromatic rings. The number of hydrogen-bond acceptors (Lipinski definition) is 4. The van der Waals surface area contributed by atoms with Crippen LogP contribution in [0.5, 0.6) is 0 Å². The number of anilines is 1. The number of carbonyl (C=O) groups excluding carboxylic acids is 3. The molecule has 1 aliphatic heterocycles. The van der Waals surface area contributed by atoms with E-state index in [-0.39, 0.29) is 30.4 Å². The lowest BCUT2D eigenvalue weighted by molar-refractivity contribution is -0.133. The summed E-state index contributed by atoms with van der Waals surface area (Å²) in [5.74, 6) is -0.0734. The monoisotopic (exact) mass is 485 g/mol. The van der Waals surface area contributed by atoms with Crippen LogP contribution in [-0.4, -0.2) is 60.1 Å². The number of ketones is 1. The van der Waals surface area contributed by atoms with Crippen LogP contribution in [0.1, 0.15) is 35.7 Å². The first kappa shape index (κ1) is 23.2. The molecule has 7 heteroatoms. The number of halogens is 1. The van der Waals surface area contributed by atoms with Crippen molar-refractivity contribution in [3.8, 4) is 0 Å². The van der Waals surface area contributed by atoms with Crippen LogP contribution in [0.25, 0.3) is 0 Å². The van der Waals surface area contributed by atoms with Crippen molar-refractivity contribution in [1.82, 2.24) is 9.80 Å².